The van der Waals surface area contributed by atoms with Crippen molar-refractivity contribution >= 4 is 5.97 Å². The SMILES string of the molecule is O=C(O)c1ccc(CN(CCc2ccc(-c3noc(=O)[nH]3)cc2)CCc2ccccc2OCCCCCc2ccccc2)cc1. The molecular formula is C37H39N3O5. The third-order valence-corrected chi connectivity index (χ3v) is 7.87. The van der Waals surface area contributed by atoms with Crippen LogP contribution in [0.1, 0.15) is 51.9 Å². The molecule has 0 aliphatic carbocycles. The van der Waals surface area contributed by atoms with Gasteiger partial charge in [0.2, 0.25) is 0 Å². The van der Waals surface area contributed by atoms with Gasteiger partial charge in [0, 0.05) is 25.2 Å². The molecule has 0 spiro atoms. The van der Waals surface area contributed by atoms with Crippen LogP contribution in [0.25, 0.3) is 11.4 Å². The van der Waals surface area contributed by atoms with E-state index in [0.29, 0.717) is 19.0 Å². The molecule has 0 atom stereocenters. The Hall–Kier alpha value is -4.95. The number of rotatable bonds is 17. The van der Waals surface area contributed by atoms with Crippen molar-refractivity contribution in [1.29, 1.82) is 0 Å². The van der Waals surface area contributed by atoms with Crippen LogP contribution in [-0.2, 0) is 25.8 Å². The number of aromatic amines is 1. The van der Waals surface area contributed by atoms with E-state index in [1.165, 1.54) is 11.1 Å². The summed E-state index contributed by atoms with van der Waals surface area (Å²) in [5.41, 5.74) is 5.85. The number of ether oxygens (including phenoxy) is 1. The number of carbonyl (C=O) groups is 1. The fraction of sp³-hybridized carbons (Fsp3) is 0.270. The minimum atomic E-state index is -0.927. The number of nitrogens with one attached hydrogen (secondary N) is 1. The van der Waals surface area contributed by atoms with Crippen molar-refractivity contribution in [3.63, 3.8) is 0 Å². The average molecular weight is 606 g/mol. The number of hydrogen-bond acceptors (Lipinski definition) is 6. The van der Waals surface area contributed by atoms with E-state index in [1.807, 2.05) is 42.5 Å². The zero-order chi connectivity index (χ0) is 31.3. The van der Waals surface area contributed by atoms with Crippen molar-refractivity contribution < 1.29 is 19.2 Å². The summed E-state index contributed by atoms with van der Waals surface area (Å²) in [4.78, 5) is 27.6. The van der Waals surface area contributed by atoms with Crippen molar-refractivity contribution in [2.45, 2.75) is 45.1 Å². The minimum Gasteiger partial charge on any atom is -0.493 e. The molecule has 8 nitrogen and oxygen atoms in total. The number of aryl methyl sites for hydroxylation is 1. The lowest BCUT2D eigenvalue weighted by molar-refractivity contribution is 0.0697. The number of benzene rings is 4. The van der Waals surface area contributed by atoms with Gasteiger partial charge in [-0.25, -0.2) is 9.59 Å². The normalized spacial score (nSPS) is 11.1. The van der Waals surface area contributed by atoms with E-state index in [0.717, 1.165) is 74.1 Å². The van der Waals surface area contributed by atoms with Crippen molar-refractivity contribution in [2.75, 3.05) is 19.7 Å². The molecule has 0 bridgehead atoms. The summed E-state index contributed by atoms with van der Waals surface area (Å²) in [6.07, 6.45) is 6.05. The molecule has 0 aliphatic rings. The van der Waals surface area contributed by atoms with Crippen molar-refractivity contribution in [3.05, 3.63) is 141 Å². The molecule has 0 aliphatic heterocycles. The van der Waals surface area contributed by atoms with Gasteiger partial charge in [-0.3, -0.25) is 14.4 Å². The summed E-state index contributed by atoms with van der Waals surface area (Å²) in [6, 6.07) is 33.9. The van der Waals surface area contributed by atoms with Crippen LogP contribution in [0.2, 0.25) is 0 Å². The number of aromatic carboxylic acids is 1. The van der Waals surface area contributed by atoms with Gasteiger partial charge in [0.15, 0.2) is 5.82 Å². The van der Waals surface area contributed by atoms with Gasteiger partial charge in [0.25, 0.3) is 0 Å². The van der Waals surface area contributed by atoms with Crippen LogP contribution in [-0.4, -0.2) is 45.8 Å². The van der Waals surface area contributed by atoms with Gasteiger partial charge >= 0.3 is 11.7 Å². The topological polar surface area (TPSA) is 109 Å². The number of aromatic nitrogens is 2. The summed E-state index contributed by atoms with van der Waals surface area (Å²) in [5, 5.41) is 13.1. The standard InChI is InChI=1S/C37H39N3O5/c41-36(42)33-20-16-30(17-21-33)27-40(24-22-29-14-18-32(19-15-29)35-38-37(43)45-39-35)25-23-31-12-6-7-13-34(31)44-26-8-2-5-11-28-9-3-1-4-10-28/h1,3-4,6-7,9-10,12-21H,2,5,8,11,22-27H2,(H,41,42)(H,38,39,43). The number of nitrogens with zero attached hydrogens (tertiary/aromatic N) is 2. The lowest BCUT2D eigenvalue weighted by Crippen LogP contribution is -2.28. The summed E-state index contributed by atoms with van der Waals surface area (Å²) in [7, 11) is 0. The second-order valence-corrected chi connectivity index (χ2v) is 11.2. The van der Waals surface area contributed by atoms with E-state index in [9.17, 15) is 14.7 Å². The largest absolute Gasteiger partial charge is 0.493 e. The maximum Gasteiger partial charge on any atom is 0.439 e. The smallest absolute Gasteiger partial charge is 0.439 e. The van der Waals surface area contributed by atoms with Gasteiger partial charge < -0.3 is 9.84 Å². The number of carboxylic acids is 1. The fourth-order valence-electron chi connectivity index (χ4n) is 5.32. The maximum absolute atomic E-state index is 11.3. The van der Waals surface area contributed by atoms with Gasteiger partial charge in [-0.05, 0) is 79.0 Å². The second kappa shape index (κ2) is 16.2. The third-order valence-electron chi connectivity index (χ3n) is 7.87. The molecule has 5 aromatic rings. The summed E-state index contributed by atoms with van der Waals surface area (Å²) < 4.78 is 10.9. The average Bonchev–Trinajstić information content (AvgIpc) is 3.51. The molecule has 0 unspecified atom stereocenters. The van der Waals surface area contributed by atoms with Crippen LogP contribution in [0, 0.1) is 0 Å². The minimum absolute atomic E-state index is 0.282. The highest BCUT2D eigenvalue weighted by atomic mass is 16.5. The van der Waals surface area contributed by atoms with E-state index in [1.54, 1.807) is 12.1 Å². The Kier molecular flexibility index (Phi) is 11.3. The number of H-pyrrole nitrogens is 1. The highest BCUT2D eigenvalue weighted by Gasteiger charge is 2.12. The van der Waals surface area contributed by atoms with E-state index in [4.69, 9.17) is 4.74 Å². The molecule has 0 fully saturated rings. The Bertz CT molecular complexity index is 1680. The van der Waals surface area contributed by atoms with E-state index in [-0.39, 0.29) is 5.56 Å². The zero-order valence-corrected chi connectivity index (χ0v) is 25.4. The number of carboxylic acid groups (broad SMARTS) is 1. The fourth-order valence-corrected chi connectivity index (χ4v) is 5.32. The molecule has 2 N–H and O–H groups in total. The Morgan fingerprint density at radius 2 is 1.44 bits per heavy atom. The first-order valence-corrected chi connectivity index (χ1v) is 15.5. The van der Waals surface area contributed by atoms with Gasteiger partial charge in [-0.2, -0.15) is 0 Å². The van der Waals surface area contributed by atoms with Crippen molar-refractivity contribution in [2.24, 2.45) is 0 Å². The van der Waals surface area contributed by atoms with Crippen molar-refractivity contribution in [1.82, 2.24) is 15.0 Å². The molecule has 0 saturated heterocycles. The number of unbranched alkanes of at least 4 members (excludes halogenated alkanes) is 2. The predicted molar refractivity (Wildman–Crippen MR) is 175 cm³/mol. The number of para-hydroxylation sites is 1. The van der Waals surface area contributed by atoms with Crippen molar-refractivity contribution in [3.8, 4) is 17.1 Å². The van der Waals surface area contributed by atoms with Crippen LogP contribution in [0.15, 0.2) is 112 Å². The quantitative estimate of drug-likeness (QED) is 0.112. The Balaban J connectivity index is 1.17. The summed E-state index contributed by atoms with van der Waals surface area (Å²) in [5.74, 6) is -0.157. The van der Waals surface area contributed by atoms with Gasteiger partial charge in [0.1, 0.15) is 5.75 Å². The second-order valence-electron chi connectivity index (χ2n) is 11.2. The van der Waals surface area contributed by atoms with Crippen LogP contribution < -0.4 is 10.5 Å². The predicted octanol–water partition coefficient (Wildman–Crippen LogP) is 6.81. The lowest BCUT2D eigenvalue weighted by Gasteiger charge is -2.23. The van der Waals surface area contributed by atoms with E-state index < -0.39 is 11.7 Å². The third kappa shape index (κ3) is 9.78. The van der Waals surface area contributed by atoms with E-state index in [2.05, 4.69) is 68.1 Å². The molecular weight excluding hydrogens is 566 g/mol. The molecule has 0 amide bonds. The molecule has 1 heterocycles. The van der Waals surface area contributed by atoms with Crippen LogP contribution in [0.4, 0.5) is 0 Å². The first-order chi connectivity index (χ1) is 22.0. The monoisotopic (exact) mass is 605 g/mol. The first-order valence-electron chi connectivity index (χ1n) is 15.5. The molecule has 5 rings (SSSR count). The Morgan fingerprint density at radius 1 is 0.756 bits per heavy atom. The number of hydrogen-bond donors (Lipinski definition) is 2. The van der Waals surface area contributed by atoms with E-state index >= 15 is 0 Å². The maximum atomic E-state index is 11.3. The molecule has 8 heteroatoms. The van der Waals surface area contributed by atoms with Crippen LogP contribution >= 0.6 is 0 Å². The lowest BCUT2D eigenvalue weighted by atomic mass is 10.1. The van der Waals surface area contributed by atoms with Gasteiger partial charge in [-0.1, -0.05) is 90.1 Å². The molecule has 4 aromatic carbocycles. The molecule has 0 saturated carbocycles. The van der Waals surface area contributed by atoms with Gasteiger partial charge in [0.05, 0.1) is 12.2 Å². The molecule has 0 radical (unpaired) electrons. The van der Waals surface area contributed by atoms with Crippen LogP contribution in [0.3, 0.4) is 0 Å². The molecule has 45 heavy (non-hydrogen) atoms. The Morgan fingerprint density at radius 3 is 2.18 bits per heavy atom. The highest BCUT2D eigenvalue weighted by molar-refractivity contribution is 5.87. The summed E-state index contributed by atoms with van der Waals surface area (Å²) >= 11 is 0. The summed E-state index contributed by atoms with van der Waals surface area (Å²) in [6.45, 7) is 3.02. The van der Waals surface area contributed by atoms with Crippen LogP contribution in [0.5, 0.6) is 5.75 Å². The molecule has 1 aromatic heterocycles. The highest BCUT2D eigenvalue weighted by Crippen LogP contribution is 2.21. The first kappa shape index (κ1) is 31.5. The zero-order valence-electron chi connectivity index (χ0n) is 25.4. The van der Waals surface area contributed by atoms with Gasteiger partial charge in [-0.15, -0.1) is 0 Å². The molecule has 232 valence electrons. The Labute approximate surface area is 263 Å².